The highest BCUT2D eigenvalue weighted by Gasteiger charge is 2.45. The van der Waals surface area contributed by atoms with E-state index in [1.54, 1.807) is 0 Å². The summed E-state index contributed by atoms with van der Waals surface area (Å²) >= 11 is 0. The van der Waals surface area contributed by atoms with Gasteiger partial charge in [0.05, 0.1) is 6.61 Å². The van der Waals surface area contributed by atoms with Crippen molar-refractivity contribution in [3.8, 4) is 0 Å². The molecule has 2 rings (SSSR count). The Morgan fingerprint density at radius 2 is 2.26 bits per heavy atom. The number of rotatable bonds is 3. The molecule has 0 radical (unpaired) electrons. The van der Waals surface area contributed by atoms with Crippen LogP contribution < -0.4 is 5.73 Å². The molecule has 6 nitrogen and oxygen atoms in total. The number of primary amides is 1. The number of aliphatic hydroxyl groups excluding tert-OH is 2. The molecule has 1 amide bonds. The number of halogens is 2. The zero-order chi connectivity index (χ0) is 14.2. The number of ether oxygens (including phenoxy) is 1. The molecule has 4 N–H and O–H groups in total. The van der Waals surface area contributed by atoms with Crippen molar-refractivity contribution in [1.29, 1.82) is 0 Å². The van der Waals surface area contributed by atoms with Crippen molar-refractivity contribution in [2.45, 2.75) is 24.5 Å². The lowest BCUT2D eigenvalue weighted by Gasteiger charge is -2.14. The molecular weight excluding hydrogens is 262 g/mol. The van der Waals surface area contributed by atoms with E-state index in [2.05, 4.69) is 4.98 Å². The fraction of sp³-hybridized carbons (Fsp3) is 0.455. The molecule has 0 aromatic carbocycles. The zero-order valence-corrected chi connectivity index (χ0v) is 9.66. The Morgan fingerprint density at radius 1 is 1.58 bits per heavy atom. The summed E-state index contributed by atoms with van der Waals surface area (Å²) in [5.74, 6) is -2.18. The number of pyridine rings is 1. The van der Waals surface area contributed by atoms with Gasteiger partial charge in [-0.1, -0.05) is 0 Å². The van der Waals surface area contributed by atoms with Gasteiger partial charge < -0.3 is 20.7 Å². The van der Waals surface area contributed by atoms with Gasteiger partial charge in [-0.3, -0.25) is 4.79 Å². The van der Waals surface area contributed by atoms with Crippen LogP contribution in [-0.2, 0) is 4.74 Å². The summed E-state index contributed by atoms with van der Waals surface area (Å²) in [6.07, 6.45) is -4.97. The molecule has 0 unspecified atom stereocenters. The van der Waals surface area contributed by atoms with E-state index in [4.69, 9.17) is 15.6 Å². The Hall–Kier alpha value is -1.64. The first-order chi connectivity index (χ1) is 8.97. The molecule has 0 bridgehead atoms. The van der Waals surface area contributed by atoms with Gasteiger partial charge >= 0.3 is 0 Å². The van der Waals surface area contributed by atoms with E-state index in [9.17, 15) is 18.7 Å². The highest BCUT2D eigenvalue weighted by atomic mass is 19.1. The van der Waals surface area contributed by atoms with Crippen molar-refractivity contribution in [2.75, 3.05) is 6.61 Å². The topological polar surface area (TPSA) is 106 Å². The van der Waals surface area contributed by atoms with Gasteiger partial charge in [-0.05, 0) is 6.07 Å². The van der Waals surface area contributed by atoms with Gasteiger partial charge in [-0.2, -0.15) is 0 Å². The minimum atomic E-state index is -1.92. The molecule has 0 saturated carbocycles. The average molecular weight is 274 g/mol. The number of amides is 1. The van der Waals surface area contributed by atoms with Crippen LogP contribution in [0.2, 0.25) is 0 Å². The van der Waals surface area contributed by atoms with Crippen LogP contribution in [-0.4, -0.2) is 46.1 Å². The predicted octanol–water partition coefficient (Wildman–Crippen LogP) is -0.549. The predicted molar refractivity (Wildman–Crippen MR) is 58.3 cm³/mol. The van der Waals surface area contributed by atoms with Crippen LogP contribution in [0.5, 0.6) is 0 Å². The minimum absolute atomic E-state index is 0.272. The van der Waals surface area contributed by atoms with Gasteiger partial charge in [0.15, 0.2) is 17.7 Å². The maximum Gasteiger partial charge on any atom is 0.270 e. The van der Waals surface area contributed by atoms with E-state index < -0.39 is 48.5 Å². The van der Waals surface area contributed by atoms with Crippen molar-refractivity contribution in [2.24, 2.45) is 5.73 Å². The first-order valence-electron chi connectivity index (χ1n) is 5.50. The summed E-state index contributed by atoms with van der Waals surface area (Å²) in [7, 11) is 0. The van der Waals surface area contributed by atoms with Gasteiger partial charge in [-0.25, -0.2) is 13.8 Å². The minimum Gasteiger partial charge on any atom is -0.394 e. The first kappa shape index (κ1) is 13.8. The number of hydrogen-bond acceptors (Lipinski definition) is 5. The molecule has 0 spiro atoms. The van der Waals surface area contributed by atoms with Crippen LogP contribution >= 0.6 is 0 Å². The fourth-order valence-electron chi connectivity index (χ4n) is 1.97. The number of nitrogens with two attached hydrogens (primary N) is 1. The molecule has 1 fully saturated rings. The lowest BCUT2D eigenvalue weighted by molar-refractivity contribution is -0.0235. The number of nitrogens with zero attached hydrogens (tertiary/aromatic N) is 1. The Morgan fingerprint density at radius 3 is 2.79 bits per heavy atom. The standard InChI is InChI=1S/C11H12F2N2O4/c12-6-4(1-2-15-8(6)11(14)18)10-7(13)9(17)5(3-16)19-10/h1-2,5,7,9-10,16-17H,3H2,(H2,14,18)/t5-,7-,9-,10+/m1/s1. The van der Waals surface area contributed by atoms with E-state index >= 15 is 0 Å². The summed E-state index contributed by atoms with van der Waals surface area (Å²) in [5, 5.41) is 18.4. The summed E-state index contributed by atoms with van der Waals surface area (Å²) < 4.78 is 32.8. The third-order valence-electron chi connectivity index (χ3n) is 2.96. The molecule has 19 heavy (non-hydrogen) atoms. The van der Waals surface area contributed by atoms with E-state index in [-0.39, 0.29) is 5.56 Å². The Bertz CT molecular complexity index is 500. The second-order valence-corrected chi connectivity index (χ2v) is 4.14. The molecule has 2 heterocycles. The fourth-order valence-corrected chi connectivity index (χ4v) is 1.97. The maximum atomic E-state index is 14.0. The molecule has 0 aliphatic carbocycles. The Balaban J connectivity index is 2.38. The smallest absolute Gasteiger partial charge is 0.270 e. The summed E-state index contributed by atoms with van der Waals surface area (Å²) in [6.45, 7) is -0.604. The van der Waals surface area contributed by atoms with Crippen molar-refractivity contribution in [3.63, 3.8) is 0 Å². The van der Waals surface area contributed by atoms with E-state index in [1.165, 1.54) is 0 Å². The molecule has 1 aliphatic heterocycles. The van der Waals surface area contributed by atoms with Gasteiger partial charge in [-0.15, -0.1) is 0 Å². The first-order valence-corrected chi connectivity index (χ1v) is 5.50. The largest absolute Gasteiger partial charge is 0.394 e. The summed E-state index contributed by atoms with van der Waals surface area (Å²) in [4.78, 5) is 14.4. The monoisotopic (exact) mass is 274 g/mol. The third kappa shape index (κ3) is 2.29. The van der Waals surface area contributed by atoms with Gasteiger partial charge in [0.1, 0.15) is 18.3 Å². The normalized spacial score (nSPS) is 30.5. The molecule has 8 heteroatoms. The molecule has 1 aliphatic rings. The number of carbonyl (C=O) groups excluding carboxylic acids is 1. The molecule has 104 valence electrons. The highest BCUT2D eigenvalue weighted by Crippen LogP contribution is 2.36. The number of hydrogen-bond donors (Lipinski definition) is 3. The molecule has 1 saturated heterocycles. The van der Waals surface area contributed by atoms with Crippen LogP contribution in [0.4, 0.5) is 8.78 Å². The molecule has 4 atom stereocenters. The lowest BCUT2D eigenvalue weighted by atomic mass is 10.0. The SMILES string of the molecule is NC(=O)c1nccc([C@@H]2O[C@H](CO)[C@@H](O)[C@H]2F)c1F. The highest BCUT2D eigenvalue weighted by molar-refractivity contribution is 5.91. The van der Waals surface area contributed by atoms with Gasteiger partial charge in [0.2, 0.25) is 0 Å². The van der Waals surface area contributed by atoms with E-state index in [0.717, 1.165) is 12.3 Å². The third-order valence-corrected chi connectivity index (χ3v) is 2.96. The lowest BCUT2D eigenvalue weighted by Crippen LogP contribution is -2.30. The second-order valence-electron chi connectivity index (χ2n) is 4.14. The van der Waals surface area contributed by atoms with Crippen LogP contribution in [0.1, 0.15) is 22.2 Å². The second kappa shape index (κ2) is 5.16. The van der Waals surface area contributed by atoms with Crippen LogP contribution in [0.3, 0.4) is 0 Å². The molecular formula is C11H12F2N2O4. The van der Waals surface area contributed by atoms with E-state index in [0.29, 0.717) is 0 Å². The number of carbonyl (C=O) groups is 1. The Kier molecular flexibility index (Phi) is 3.74. The molecule has 1 aromatic heterocycles. The number of aromatic nitrogens is 1. The quantitative estimate of drug-likeness (QED) is 0.686. The molecule has 1 aromatic rings. The van der Waals surface area contributed by atoms with Crippen molar-refractivity contribution in [3.05, 3.63) is 29.3 Å². The van der Waals surface area contributed by atoms with Crippen LogP contribution in [0, 0.1) is 5.82 Å². The van der Waals surface area contributed by atoms with Crippen LogP contribution in [0.25, 0.3) is 0 Å². The number of aliphatic hydroxyl groups is 2. The zero-order valence-electron chi connectivity index (χ0n) is 9.66. The van der Waals surface area contributed by atoms with Gasteiger partial charge in [0.25, 0.3) is 5.91 Å². The summed E-state index contributed by atoms with van der Waals surface area (Å²) in [5.41, 5.74) is 4.03. The number of alkyl halides is 1. The Labute approximate surface area is 106 Å². The van der Waals surface area contributed by atoms with E-state index in [1.807, 2.05) is 0 Å². The average Bonchev–Trinajstić information content (AvgIpc) is 2.66. The van der Waals surface area contributed by atoms with Gasteiger partial charge in [0, 0.05) is 11.8 Å². The van der Waals surface area contributed by atoms with Crippen molar-refractivity contribution >= 4 is 5.91 Å². The summed E-state index contributed by atoms with van der Waals surface area (Å²) in [6, 6.07) is 1.13. The van der Waals surface area contributed by atoms with Crippen molar-refractivity contribution in [1.82, 2.24) is 4.98 Å². The van der Waals surface area contributed by atoms with Crippen LogP contribution in [0.15, 0.2) is 12.3 Å². The maximum absolute atomic E-state index is 14.0. The van der Waals surface area contributed by atoms with Crippen molar-refractivity contribution < 1.29 is 28.5 Å².